The lowest BCUT2D eigenvalue weighted by Gasteiger charge is -2.39. The Kier molecular flexibility index (Phi) is 4.73. The van der Waals surface area contributed by atoms with Crippen LogP contribution in [0.3, 0.4) is 0 Å². The molecule has 2 heterocycles. The number of hydrogen-bond donors (Lipinski definition) is 2. The van der Waals surface area contributed by atoms with Gasteiger partial charge < -0.3 is 19.7 Å². The summed E-state index contributed by atoms with van der Waals surface area (Å²) in [6, 6.07) is 15.1. The van der Waals surface area contributed by atoms with Crippen LogP contribution in [-0.2, 0) is 4.79 Å². The van der Waals surface area contributed by atoms with Gasteiger partial charge in [-0.25, -0.2) is 0 Å². The molecule has 2 aromatic carbocycles. The number of anilines is 1. The van der Waals surface area contributed by atoms with Crippen molar-refractivity contribution in [2.45, 2.75) is 6.04 Å². The number of aromatic nitrogens is 1. The van der Waals surface area contributed by atoms with Crippen molar-refractivity contribution >= 4 is 22.6 Å². The summed E-state index contributed by atoms with van der Waals surface area (Å²) in [5.41, 5.74) is 2.84. The van der Waals surface area contributed by atoms with Crippen molar-refractivity contribution in [3.8, 4) is 5.75 Å². The van der Waals surface area contributed by atoms with Crippen molar-refractivity contribution in [2.75, 3.05) is 38.2 Å². The van der Waals surface area contributed by atoms with E-state index in [1.54, 1.807) is 7.11 Å². The first-order chi connectivity index (χ1) is 13.2. The molecule has 3 aromatic rings. The zero-order valence-electron chi connectivity index (χ0n) is 15.3. The number of nitrogens with zero attached hydrogens (tertiary/aromatic N) is 2. The van der Waals surface area contributed by atoms with Crippen LogP contribution >= 0.6 is 0 Å². The molecule has 140 valence electrons. The first-order valence-electron chi connectivity index (χ1n) is 9.10. The lowest BCUT2D eigenvalue weighted by Crippen LogP contribution is -2.49. The third-order valence-electron chi connectivity index (χ3n) is 5.26. The average Bonchev–Trinajstić information content (AvgIpc) is 3.12. The van der Waals surface area contributed by atoms with E-state index in [-0.39, 0.29) is 0 Å². The number of piperazine rings is 1. The Morgan fingerprint density at radius 1 is 1.07 bits per heavy atom. The number of hydrogen-bond acceptors (Lipinski definition) is 4. The van der Waals surface area contributed by atoms with Crippen LogP contribution in [-0.4, -0.2) is 54.2 Å². The highest BCUT2D eigenvalue weighted by molar-refractivity contribution is 5.89. The number of benzene rings is 2. The minimum absolute atomic E-state index is 0.652. The average molecular weight is 365 g/mol. The molecule has 6 heteroatoms. The van der Waals surface area contributed by atoms with Gasteiger partial charge in [-0.3, -0.25) is 9.69 Å². The van der Waals surface area contributed by atoms with Crippen LogP contribution < -0.4 is 9.64 Å². The van der Waals surface area contributed by atoms with Gasteiger partial charge in [0.25, 0.3) is 0 Å². The highest BCUT2D eigenvalue weighted by Gasteiger charge is 2.32. The highest BCUT2D eigenvalue weighted by atomic mass is 16.5. The molecule has 0 bridgehead atoms. The Bertz CT molecular complexity index is 945. The van der Waals surface area contributed by atoms with Gasteiger partial charge in [0, 0.05) is 48.8 Å². The van der Waals surface area contributed by atoms with Crippen LogP contribution in [0.5, 0.6) is 5.75 Å². The summed E-state index contributed by atoms with van der Waals surface area (Å²) in [5.74, 6) is 0.0304. The van der Waals surface area contributed by atoms with E-state index in [0.29, 0.717) is 13.1 Å². The Morgan fingerprint density at radius 2 is 1.78 bits per heavy atom. The molecule has 1 saturated heterocycles. The fourth-order valence-corrected chi connectivity index (χ4v) is 3.92. The van der Waals surface area contributed by atoms with Crippen molar-refractivity contribution in [3.05, 3.63) is 60.3 Å². The molecule has 0 aliphatic carbocycles. The summed E-state index contributed by atoms with van der Waals surface area (Å²) >= 11 is 0. The van der Waals surface area contributed by atoms with Crippen LogP contribution in [0.4, 0.5) is 5.69 Å². The van der Waals surface area contributed by atoms with Crippen LogP contribution in [0.1, 0.15) is 11.6 Å². The van der Waals surface area contributed by atoms with Gasteiger partial charge in [-0.15, -0.1) is 0 Å². The molecule has 1 atom stereocenters. The van der Waals surface area contributed by atoms with Gasteiger partial charge in [0.05, 0.1) is 12.8 Å². The molecule has 0 amide bonds. The molecule has 1 aliphatic rings. The van der Waals surface area contributed by atoms with Gasteiger partial charge in [0.1, 0.15) is 11.8 Å². The van der Waals surface area contributed by atoms with Crippen molar-refractivity contribution in [1.82, 2.24) is 9.88 Å². The predicted octanol–water partition coefficient (Wildman–Crippen LogP) is 3.12. The van der Waals surface area contributed by atoms with Gasteiger partial charge in [-0.1, -0.05) is 30.3 Å². The maximum Gasteiger partial charge on any atom is 0.325 e. The number of carboxylic acid groups (broad SMARTS) is 1. The van der Waals surface area contributed by atoms with Crippen molar-refractivity contribution in [1.29, 1.82) is 0 Å². The molecular formula is C21H23N3O3. The second kappa shape index (κ2) is 7.32. The molecule has 0 spiro atoms. The van der Waals surface area contributed by atoms with Crippen molar-refractivity contribution in [2.24, 2.45) is 0 Å². The second-order valence-corrected chi connectivity index (χ2v) is 6.73. The van der Waals surface area contributed by atoms with Gasteiger partial charge in [0.2, 0.25) is 0 Å². The van der Waals surface area contributed by atoms with Crippen molar-refractivity contribution < 1.29 is 14.6 Å². The molecular weight excluding hydrogens is 342 g/mol. The standard InChI is InChI=1S/C21H23N3O3/c1-27-19-9-5-4-8-18(19)23-10-12-24(13-11-23)20(21(25)26)16-14-22-17-7-3-2-6-15(16)17/h2-9,14,20,22H,10-13H2,1H3,(H,25,26)/t20-/m0/s1. The molecule has 2 N–H and O–H groups in total. The van der Waals surface area contributed by atoms with Crippen molar-refractivity contribution in [3.63, 3.8) is 0 Å². The number of carbonyl (C=O) groups is 1. The third-order valence-corrected chi connectivity index (χ3v) is 5.26. The van der Waals surface area contributed by atoms with Crippen LogP contribution in [0.15, 0.2) is 54.7 Å². The van der Waals surface area contributed by atoms with Gasteiger partial charge >= 0.3 is 5.97 Å². The number of fused-ring (bicyclic) bond motifs is 1. The number of carboxylic acids is 1. The molecule has 1 aromatic heterocycles. The first-order valence-corrected chi connectivity index (χ1v) is 9.10. The molecule has 6 nitrogen and oxygen atoms in total. The topological polar surface area (TPSA) is 68.8 Å². The number of rotatable bonds is 5. The molecule has 0 radical (unpaired) electrons. The molecule has 27 heavy (non-hydrogen) atoms. The number of aromatic amines is 1. The van der Waals surface area contributed by atoms with E-state index in [9.17, 15) is 9.90 Å². The lowest BCUT2D eigenvalue weighted by molar-refractivity contribution is -0.143. The minimum Gasteiger partial charge on any atom is -0.495 e. The summed E-state index contributed by atoms with van der Waals surface area (Å²) in [5, 5.41) is 10.9. The maximum atomic E-state index is 12.1. The number of H-pyrrole nitrogens is 1. The third kappa shape index (κ3) is 3.24. The summed E-state index contributed by atoms with van der Waals surface area (Å²) in [4.78, 5) is 19.6. The van der Waals surface area contributed by atoms with Gasteiger partial charge in [0.15, 0.2) is 0 Å². The summed E-state index contributed by atoms with van der Waals surface area (Å²) < 4.78 is 5.46. The lowest BCUT2D eigenvalue weighted by atomic mass is 10.0. The van der Waals surface area contributed by atoms with E-state index in [2.05, 4.69) is 9.88 Å². The fourth-order valence-electron chi connectivity index (χ4n) is 3.92. The molecule has 0 unspecified atom stereocenters. The largest absolute Gasteiger partial charge is 0.495 e. The quantitative estimate of drug-likeness (QED) is 0.727. The number of para-hydroxylation sites is 3. The maximum absolute atomic E-state index is 12.1. The molecule has 4 rings (SSSR count). The summed E-state index contributed by atoms with van der Waals surface area (Å²) in [7, 11) is 1.67. The Hall–Kier alpha value is -2.99. The molecule has 1 fully saturated rings. The minimum atomic E-state index is -0.814. The van der Waals surface area contributed by atoms with E-state index in [4.69, 9.17) is 4.74 Å². The molecule has 0 saturated carbocycles. The summed E-state index contributed by atoms with van der Waals surface area (Å²) in [6.07, 6.45) is 1.83. The van der Waals surface area contributed by atoms with E-state index in [0.717, 1.165) is 41.0 Å². The fraction of sp³-hybridized carbons (Fsp3) is 0.286. The van der Waals surface area contributed by atoms with E-state index < -0.39 is 12.0 Å². The van der Waals surface area contributed by atoms with Gasteiger partial charge in [-0.05, 0) is 18.2 Å². The first kappa shape index (κ1) is 17.4. The Morgan fingerprint density at radius 3 is 2.52 bits per heavy atom. The van der Waals surface area contributed by atoms with Crippen LogP contribution in [0, 0.1) is 0 Å². The van der Waals surface area contributed by atoms with E-state index >= 15 is 0 Å². The zero-order chi connectivity index (χ0) is 18.8. The molecule has 1 aliphatic heterocycles. The monoisotopic (exact) mass is 365 g/mol. The summed E-state index contributed by atoms with van der Waals surface area (Å²) in [6.45, 7) is 2.86. The number of ether oxygens (including phenoxy) is 1. The smallest absolute Gasteiger partial charge is 0.325 e. The second-order valence-electron chi connectivity index (χ2n) is 6.73. The van der Waals surface area contributed by atoms with Crippen LogP contribution in [0.25, 0.3) is 10.9 Å². The Labute approximate surface area is 158 Å². The Balaban J connectivity index is 1.56. The van der Waals surface area contributed by atoms with E-state index in [1.165, 1.54) is 0 Å². The number of nitrogens with one attached hydrogen (secondary N) is 1. The van der Waals surface area contributed by atoms with Gasteiger partial charge in [-0.2, -0.15) is 0 Å². The highest BCUT2D eigenvalue weighted by Crippen LogP contribution is 2.32. The number of methoxy groups -OCH3 is 1. The zero-order valence-corrected chi connectivity index (χ0v) is 15.3. The predicted molar refractivity (Wildman–Crippen MR) is 105 cm³/mol. The van der Waals surface area contributed by atoms with Crippen LogP contribution in [0.2, 0.25) is 0 Å². The van der Waals surface area contributed by atoms with E-state index in [1.807, 2.05) is 59.6 Å². The normalized spacial score (nSPS) is 16.4. The SMILES string of the molecule is COc1ccccc1N1CCN([C@H](C(=O)O)c2c[nH]c3ccccc23)CC1. The number of aliphatic carboxylic acids is 1.